The molecule has 3 aromatic rings. The molecule has 0 radical (unpaired) electrons. The Morgan fingerprint density at radius 3 is 1.68 bits per heavy atom. The monoisotopic (exact) mass is 536 g/mol. The van der Waals surface area contributed by atoms with Crippen molar-refractivity contribution < 1.29 is 9.47 Å². The minimum atomic E-state index is 0.763. The van der Waals surface area contributed by atoms with Crippen LogP contribution in [0, 0.1) is 0 Å². The molecule has 40 heavy (non-hydrogen) atoms. The van der Waals surface area contributed by atoms with E-state index in [9.17, 15) is 0 Å². The van der Waals surface area contributed by atoms with Gasteiger partial charge in [0.15, 0.2) is 0 Å². The molecular formula is C36H44N2O2. The van der Waals surface area contributed by atoms with Crippen LogP contribution in [-0.4, -0.2) is 62.3 Å². The molecule has 0 aromatic heterocycles. The Bertz CT molecular complexity index is 1280. The average molecular weight is 537 g/mol. The number of ether oxygens (including phenoxy) is 2. The van der Waals surface area contributed by atoms with E-state index >= 15 is 0 Å². The van der Waals surface area contributed by atoms with Crippen LogP contribution >= 0.6 is 0 Å². The van der Waals surface area contributed by atoms with Crippen LogP contribution < -0.4 is 9.47 Å². The van der Waals surface area contributed by atoms with Gasteiger partial charge in [0.2, 0.25) is 0 Å². The summed E-state index contributed by atoms with van der Waals surface area (Å²) in [5, 5.41) is 0. The molecular weight excluding hydrogens is 492 g/mol. The number of nitrogens with zero attached hydrogens (tertiary/aromatic N) is 2. The summed E-state index contributed by atoms with van der Waals surface area (Å²) in [6.45, 7) is 10.7. The molecule has 2 aliphatic heterocycles. The first-order valence-electron chi connectivity index (χ1n) is 15.5. The van der Waals surface area contributed by atoms with Crippen molar-refractivity contribution >= 4 is 5.57 Å². The Morgan fingerprint density at radius 2 is 1.12 bits per heavy atom. The predicted molar refractivity (Wildman–Crippen MR) is 165 cm³/mol. The first kappa shape index (κ1) is 27.1. The SMILES string of the molecule is CCC1=C(c2ccc(OCCN3CCCC3)cc2)c2ccc(-c3ccc(OCCN4CCCC4)cc3)cc2CC1. The van der Waals surface area contributed by atoms with Crippen LogP contribution in [-0.2, 0) is 6.42 Å². The van der Waals surface area contributed by atoms with Crippen molar-refractivity contribution in [1.29, 1.82) is 0 Å². The van der Waals surface area contributed by atoms with Crippen molar-refractivity contribution in [3.63, 3.8) is 0 Å². The van der Waals surface area contributed by atoms with Crippen molar-refractivity contribution in [2.45, 2.75) is 51.9 Å². The zero-order valence-electron chi connectivity index (χ0n) is 24.2. The van der Waals surface area contributed by atoms with E-state index in [1.54, 1.807) is 5.57 Å². The lowest BCUT2D eigenvalue weighted by atomic mass is 9.80. The fraction of sp³-hybridized carbons (Fsp3) is 0.444. The summed E-state index contributed by atoms with van der Waals surface area (Å²) in [6.07, 6.45) is 8.62. The van der Waals surface area contributed by atoms with Crippen molar-refractivity contribution in [2.24, 2.45) is 0 Å². The number of benzene rings is 3. The third-order valence-electron chi connectivity index (χ3n) is 8.93. The van der Waals surface area contributed by atoms with Gasteiger partial charge in [-0.3, -0.25) is 9.80 Å². The second-order valence-corrected chi connectivity index (χ2v) is 11.5. The highest BCUT2D eigenvalue weighted by molar-refractivity contribution is 5.86. The molecule has 0 N–H and O–H groups in total. The van der Waals surface area contributed by atoms with Crippen molar-refractivity contribution in [2.75, 3.05) is 52.5 Å². The molecule has 3 aliphatic rings. The first-order chi connectivity index (χ1) is 19.8. The number of rotatable bonds is 11. The van der Waals surface area contributed by atoms with Gasteiger partial charge in [0.25, 0.3) is 0 Å². The van der Waals surface area contributed by atoms with E-state index < -0.39 is 0 Å². The molecule has 0 saturated carbocycles. The zero-order valence-corrected chi connectivity index (χ0v) is 24.2. The van der Waals surface area contributed by atoms with Gasteiger partial charge < -0.3 is 9.47 Å². The standard InChI is InChI=1S/C36H44N2O2/c1-2-28-7-8-32-27-31(29-9-14-33(15-10-29)39-25-23-37-19-3-4-20-37)13-18-35(32)36(28)30-11-16-34(17-12-30)40-26-24-38-21-5-6-22-38/h9-18,27H,2-8,19-26H2,1H3. The molecule has 0 unspecified atom stereocenters. The quantitative estimate of drug-likeness (QED) is 0.254. The molecule has 0 atom stereocenters. The molecule has 6 rings (SSSR count). The largest absolute Gasteiger partial charge is 0.492 e. The Labute approximate surface area is 240 Å². The summed E-state index contributed by atoms with van der Waals surface area (Å²) in [4.78, 5) is 4.99. The van der Waals surface area contributed by atoms with Gasteiger partial charge >= 0.3 is 0 Å². The van der Waals surface area contributed by atoms with Gasteiger partial charge in [0.05, 0.1) is 0 Å². The molecule has 2 heterocycles. The molecule has 2 saturated heterocycles. The lowest BCUT2D eigenvalue weighted by molar-refractivity contribution is 0.237. The van der Waals surface area contributed by atoms with Gasteiger partial charge in [0, 0.05) is 13.1 Å². The smallest absolute Gasteiger partial charge is 0.119 e. The average Bonchev–Trinajstić information content (AvgIpc) is 3.72. The lowest BCUT2D eigenvalue weighted by Gasteiger charge is -2.24. The van der Waals surface area contributed by atoms with Crippen molar-refractivity contribution in [1.82, 2.24) is 9.80 Å². The number of hydrogen-bond donors (Lipinski definition) is 0. The van der Waals surface area contributed by atoms with E-state index in [0.717, 1.165) is 57.1 Å². The number of allylic oxidation sites excluding steroid dienone is 1. The van der Waals surface area contributed by atoms with E-state index in [1.165, 1.54) is 85.3 Å². The molecule has 4 nitrogen and oxygen atoms in total. The van der Waals surface area contributed by atoms with E-state index in [1.807, 2.05) is 0 Å². The molecule has 2 fully saturated rings. The second-order valence-electron chi connectivity index (χ2n) is 11.5. The predicted octanol–water partition coefficient (Wildman–Crippen LogP) is 7.46. The van der Waals surface area contributed by atoms with Gasteiger partial charge in [-0.15, -0.1) is 0 Å². The van der Waals surface area contributed by atoms with Crippen LogP contribution in [0.15, 0.2) is 72.3 Å². The minimum absolute atomic E-state index is 0.763. The molecule has 0 amide bonds. The molecule has 0 bridgehead atoms. The molecule has 210 valence electrons. The first-order valence-corrected chi connectivity index (χ1v) is 15.5. The fourth-order valence-electron chi connectivity index (χ4n) is 6.60. The number of aryl methyl sites for hydroxylation is 1. The highest BCUT2D eigenvalue weighted by Gasteiger charge is 2.20. The van der Waals surface area contributed by atoms with E-state index in [4.69, 9.17) is 9.47 Å². The van der Waals surface area contributed by atoms with Gasteiger partial charge in [-0.2, -0.15) is 0 Å². The van der Waals surface area contributed by atoms with Crippen molar-refractivity contribution in [3.8, 4) is 22.6 Å². The Balaban J connectivity index is 1.12. The highest BCUT2D eigenvalue weighted by Crippen LogP contribution is 2.39. The summed E-state index contributed by atoms with van der Waals surface area (Å²) in [5.41, 5.74) is 9.63. The van der Waals surface area contributed by atoms with E-state index in [-0.39, 0.29) is 0 Å². The Morgan fingerprint density at radius 1 is 0.600 bits per heavy atom. The fourth-order valence-corrected chi connectivity index (χ4v) is 6.60. The van der Waals surface area contributed by atoms with Gasteiger partial charge in [-0.1, -0.05) is 55.0 Å². The summed E-state index contributed by atoms with van der Waals surface area (Å²) in [5.74, 6) is 1.93. The topological polar surface area (TPSA) is 24.9 Å². The highest BCUT2D eigenvalue weighted by atomic mass is 16.5. The van der Waals surface area contributed by atoms with E-state index in [0.29, 0.717) is 0 Å². The summed E-state index contributed by atoms with van der Waals surface area (Å²) >= 11 is 0. The van der Waals surface area contributed by atoms with Crippen LogP contribution in [0.25, 0.3) is 16.7 Å². The molecule has 4 heteroatoms. The third kappa shape index (κ3) is 6.45. The van der Waals surface area contributed by atoms with Crippen LogP contribution in [0.3, 0.4) is 0 Å². The minimum Gasteiger partial charge on any atom is -0.492 e. The van der Waals surface area contributed by atoms with Gasteiger partial charge in [-0.25, -0.2) is 0 Å². The lowest BCUT2D eigenvalue weighted by Crippen LogP contribution is -2.25. The number of fused-ring (bicyclic) bond motifs is 1. The number of likely N-dealkylation sites (tertiary alicyclic amines) is 2. The molecule has 1 aliphatic carbocycles. The second kappa shape index (κ2) is 13.1. The van der Waals surface area contributed by atoms with Gasteiger partial charge in [0.1, 0.15) is 24.7 Å². The maximum Gasteiger partial charge on any atom is 0.119 e. The summed E-state index contributed by atoms with van der Waals surface area (Å²) in [7, 11) is 0. The molecule has 3 aromatic carbocycles. The number of hydrogen-bond acceptors (Lipinski definition) is 4. The maximum absolute atomic E-state index is 6.08. The Hall–Kier alpha value is -3.08. The van der Waals surface area contributed by atoms with E-state index in [2.05, 4.69) is 83.5 Å². The molecule has 0 spiro atoms. The van der Waals surface area contributed by atoms with Crippen LogP contribution in [0.1, 0.15) is 62.1 Å². The van der Waals surface area contributed by atoms with Crippen molar-refractivity contribution in [3.05, 3.63) is 89.0 Å². The summed E-state index contributed by atoms with van der Waals surface area (Å²) in [6, 6.07) is 24.5. The van der Waals surface area contributed by atoms with Crippen LogP contribution in [0.4, 0.5) is 0 Å². The summed E-state index contributed by atoms with van der Waals surface area (Å²) < 4.78 is 12.1. The van der Waals surface area contributed by atoms with Crippen LogP contribution in [0.2, 0.25) is 0 Å². The van der Waals surface area contributed by atoms with Crippen LogP contribution in [0.5, 0.6) is 11.5 Å². The zero-order chi connectivity index (χ0) is 27.1. The van der Waals surface area contributed by atoms with Gasteiger partial charge in [-0.05, 0) is 129 Å². The third-order valence-corrected chi connectivity index (χ3v) is 8.93. The normalized spacial score (nSPS) is 17.8. The maximum atomic E-state index is 6.08. The Kier molecular flexibility index (Phi) is 8.85.